The topological polar surface area (TPSA) is 54.5 Å². The Kier molecular flexibility index (Phi) is 7.14. The zero-order valence-corrected chi connectivity index (χ0v) is 19.9. The van der Waals surface area contributed by atoms with Crippen molar-refractivity contribution in [2.75, 3.05) is 16.8 Å². The van der Waals surface area contributed by atoms with Gasteiger partial charge in [0, 0.05) is 24.3 Å². The first-order chi connectivity index (χ1) is 15.5. The molecule has 5 heteroatoms. The smallest absolute Gasteiger partial charge is 0.230 e. The predicted octanol–water partition coefficient (Wildman–Crippen LogP) is 6.62. The summed E-state index contributed by atoms with van der Waals surface area (Å²) in [5, 5.41) is 3.47. The molecule has 1 aromatic carbocycles. The van der Waals surface area contributed by atoms with E-state index in [0.717, 1.165) is 65.8 Å². The molecule has 0 saturated heterocycles. The molecule has 0 spiro atoms. The van der Waals surface area contributed by atoms with Crippen LogP contribution in [0.25, 0.3) is 0 Å². The van der Waals surface area contributed by atoms with E-state index < -0.39 is 0 Å². The van der Waals surface area contributed by atoms with Crippen molar-refractivity contribution >= 4 is 23.1 Å². The minimum Gasteiger partial charge on any atom is -0.374 e. The summed E-state index contributed by atoms with van der Waals surface area (Å²) in [4.78, 5) is 20.4. The van der Waals surface area contributed by atoms with Crippen molar-refractivity contribution in [1.29, 1.82) is 0 Å². The third kappa shape index (κ3) is 4.98. The van der Waals surface area contributed by atoms with Crippen LogP contribution in [0.2, 0.25) is 0 Å². The lowest BCUT2D eigenvalue weighted by Crippen LogP contribution is -2.37. The van der Waals surface area contributed by atoms with Crippen LogP contribution >= 0.6 is 0 Å². The SMILES string of the molecule is CCOC(C)c1ccc2c(c1)N(C(=O)C1CCC(CC(C)C)CC1)Cc1cccnc1N2. The van der Waals surface area contributed by atoms with Gasteiger partial charge in [0.25, 0.3) is 0 Å². The van der Waals surface area contributed by atoms with Gasteiger partial charge in [-0.25, -0.2) is 4.98 Å². The van der Waals surface area contributed by atoms with Crippen molar-refractivity contribution in [1.82, 2.24) is 4.98 Å². The molecular weight excluding hydrogens is 398 g/mol. The second kappa shape index (κ2) is 10.0. The number of fused-ring (bicyclic) bond motifs is 2. The van der Waals surface area contributed by atoms with Crippen molar-refractivity contribution in [3.05, 3.63) is 47.7 Å². The molecule has 2 heterocycles. The van der Waals surface area contributed by atoms with Crippen molar-refractivity contribution in [2.45, 2.75) is 72.4 Å². The Morgan fingerprint density at radius 1 is 1.19 bits per heavy atom. The zero-order chi connectivity index (χ0) is 22.7. The van der Waals surface area contributed by atoms with Crippen molar-refractivity contribution in [3.63, 3.8) is 0 Å². The molecule has 32 heavy (non-hydrogen) atoms. The van der Waals surface area contributed by atoms with Crippen LogP contribution in [0.3, 0.4) is 0 Å². The van der Waals surface area contributed by atoms with Crippen LogP contribution in [0, 0.1) is 17.8 Å². The summed E-state index contributed by atoms with van der Waals surface area (Å²) in [6.07, 6.45) is 7.35. The van der Waals surface area contributed by atoms with Crippen molar-refractivity contribution in [3.8, 4) is 0 Å². The van der Waals surface area contributed by atoms with E-state index in [4.69, 9.17) is 4.74 Å². The summed E-state index contributed by atoms with van der Waals surface area (Å²) in [6.45, 7) is 9.87. The number of rotatable bonds is 6. The number of nitrogens with zero attached hydrogens (tertiary/aromatic N) is 2. The van der Waals surface area contributed by atoms with Gasteiger partial charge < -0.3 is 15.0 Å². The molecule has 1 aromatic heterocycles. The van der Waals surface area contributed by atoms with E-state index in [2.05, 4.69) is 55.3 Å². The fraction of sp³-hybridized carbons (Fsp3) is 0.556. The molecule has 2 aromatic rings. The highest BCUT2D eigenvalue weighted by molar-refractivity contribution is 5.99. The maximum Gasteiger partial charge on any atom is 0.230 e. The van der Waals surface area contributed by atoms with Crippen LogP contribution in [0.1, 0.15) is 77.0 Å². The lowest BCUT2D eigenvalue weighted by Gasteiger charge is -2.33. The van der Waals surface area contributed by atoms with Gasteiger partial charge in [-0.2, -0.15) is 0 Å². The number of hydrogen-bond donors (Lipinski definition) is 1. The Morgan fingerprint density at radius 3 is 2.69 bits per heavy atom. The monoisotopic (exact) mass is 435 g/mol. The molecule has 172 valence electrons. The van der Waals surface area contributed by atoms with Crippen LogP contribution in [0.5, 0.6) is 0 Å². The summed E-state index contributed by atoms with van der Waals surface area (Å²) in [6, 6.07) is 10.3. The number of pyridine rings is 1. The van der Waals surface area contributed by atoms with Gasteiger partial charge in [-0.15, -0.1) is 0 Å². The largest absolute Gasteiger partial charge is 0.374 e. The van der Waals surface area contributed by atoms with Gasteiger partial charge in [0.2, 0.25) is 5.91 Å². The highest BCUT2D eigenvalue weighted by Crippen LogP contribution is 2.40. The lowest BCUT2D eigenvalue weighted by molar-refractivity contribution is -0.123. The summed E-state index contributed by atoms with van der Waals surface area (Å²) < 4.78 is 5.83. The molecule has 5 nitrogen and oxygen atoms in total. The molecule has 2 aliphatic rings. The molecule has 1 atom stereocenters. The Hall–Kier alpha value is -2.40. The van der Waals surface area contributed by atoms with E-state index in [1.54, 1.807) is 6.20 Å². The highest BCUT2D eigenvalue weighted by Gasteiger charge is 2.33. The number of aromatic nitrogens is 1. The number of anilines is 3. The van der Waals surface area contributed by atoms with Gasteiger partial charge in [-0.1, -0.05) is 26.0 Å². The highest BCUT2D eigenvalue weighted by atomic mass is 16.5. The third-order valence-corrected chi connectivity index (χ3v) is 6.94. The molecule has 1 aliphatic heterocycles. The molecular formula is C27H37N3O2. The van der Waals surface area contributed by atoms with E-state index in [0.29, 0.717) is 13.2 Å². The number of hydrogen-bond acceptors (Lipinski definition) is 4. The first kappa shape index (κ1) is 22.8. The second-order valence-corrected chi connectivity index (χ2v) is 9.78. The standard InChI is InChI=1S/C27H37N3O2/c1-5-32-19(4)22-12-13-24-25(16-22)30(17-23-7-6-14-28-26(23)29-24)27(31)21-10-8-20(9-11-21)15-18(2)3/h6-7,12-14,16,18-21H,5,8-11,15,17H2,1-4H3,(H,28,29). The molecule has 1 unspecified atom stereocenters. The summed E-state index contributed by atoms with van der Waals surface area (Å²) >= 11 is 0. The Labute approximate surface area is 192 Å². The van der Waals surface area contributed by atoms with E-state index in [1.165, 1.54) is 6.42 Å². The van der Waals surface area contributed by atoms with E-state index >= 15 is 0 Å². The van der Waals surface area contributed by atoms with Gasteiger partial charge in [0.15, 0.2) is 0 Å². The van der Waals surface area contributed by atoms with Gasteiger partial charge in [0.1, 0.15) is 5.82 Å². The quantitative estimate of drug-likeness (QED) is 0.554. The second-order valence-electron chi connectivity index (χ2n) is 9.78. The number of benzene rings is 1. The number of carbonyl (C=O) groups excluding carboxylic acids is 1. The van der Waals surface area contributed by atoms with Crippen molar-refractivity contribution < 1.29 is 9.53 Å². The fourth-order valence-corrected chi connectivity index (χ4v) is 5.27. The third-order valence-electron chi connectivity index (χ3n) is 6.94. The molecule has 0 radical (unpaired) electrons. The normalized spacial score (nSPS) is 21.3. The Bertz CT molecular complexity index is 934. The number of nitrogens with one attached hydrogen (secondary N) is 1. The number of ether oxygens (including phenoxy) is 1. The minimum atomic E-state index is -0.0162. The van der Waals surface area contributed by atoms with Crippen LogP contribution in [-0.2, 0) is 16.1 Å². The molecule has 1 amide bonds. The molecule has 1 aliphatic carbocycles. The predicted molar refractivity (Wildman–Crippen MR) is 130 cm³/mol. The average Bonchev–Trinajstić information content (AvgIpc) is 2.95. The maximum absolute atomic E-state index is 13.9. The Morgan fingerprint density at radius 2 is 1.97 bits per heavy atom. The molecule has 4 rings (SSSR count). The van der Waals surface area contributed by atoms with Gasteiger partial charge in [-0.3, -0.25) is 4.79 Å². The van der Waals surface area contributed by atoms with Gasteiger partial charge in [0.05, 0.1) is 24.0 Å². The van der Waals surface area contributed by atoms with E-state index in [-0.39, 0.29) is 17.9 Å². The maximum atomic E-state index is 13.9. The van der Waals surface area contributed by atoms with Crippen LogP contribution in [-0.4, -0.2) is 17.5 Å². The van der Waals surface area contributed by atoms with Crippen molar-refractivity contribution in [2.24, 2.45) is 17.8 Å². The van der Waals surface area contributed by atoms with E-state index in [9.17, 15) is 4.79 Å². The molecule has 0 bridgehead atoms. The lowest BCUT2D eigenvalue weighted by atomic mass is 9.78. The number of amides is 1. The van der Waals surface area contributed by atoms with Crippen LogP contribution in [0.4, 0.5) is 17.2 Å². The zero-order valence-electron chi connectivity index (χ0n) is 19.9. The molecule has 1 fully saturated rings. The summed E-state index contributed by atoms with van der Waals surface area (Å²) in [5.74, 6) is 2.66. The van der Waals surface area contributed by atoms with Gasteiger partial charge in [-0.05, 0) is 81.5 Å². The average molecular weight is 436 g/mol. The number of carbonyl (C=O) groups is 1. The minimum absolute atomic E-state index is 0.0162. The van der Waals surface area contributed by atoms with E-state index in [1.807, 2.05) is 17.9 Å². The van der Waals surface area contributed by atoms with Gasteiger partial charge >= 0.3 is 0 Å². The first-order valence-corrected chi connectivity index (χ1v) is 12.2. The van der Waals surface area contributed by atoms with Crippen LogP contribution < -0.4 is 10.2 Å². The summed E-state index contributed by atoms with van der Waals surface area (Å²) in [5.41, 5.74) is 3.99. The van der Waals surface area contributed by atoms with Crippen LogP contribution in [0.15, 0.2) is 36.5 Å². The summed E-state index contributed by atoms with van der Waals surface area (Å²) in [7, 11) is 0. The Balaban J connectivity index is 1.63. The fourth-order valence-electron chi connectivity index (χ4n) is 5.27. The first-order valence-electron chi connectivity index (χ1n) is 12.2. The molecule has 1 N–H and O–H groups in total. The molecule has 1 saturated carbocycles.